The van der Waals surface area contributed by atoms with E-state index < -0.39 is 34.8 Å². The molecule has 1 heterocycles. The minimum atomic E-state index is -2.26. The fourth-order valence-electron chi connectivity index (χ4n) is 1.45. The van der Waals surface area contributed by atoms with Gasteiger partial charge in [0.2, 0.25) is 11.8 Å². The van der Waals surface area contributed by atoms with Gasteiger partial charge in [-0.3, -0.25) is 0 Å². The van der Waals surface area contributed by atoms with Crippen molar-refractivity contribution in [2.75, 3.05) is 16.5 Å². The number of aromatic nitrogens is 2. The van der Waals surface area contributed by atoms with Crippen LogP contribution in [0.25, 0.3) is 0 Å². The lowest BCUT2D eigenvalue weighted by atomic mass is 10.2. The molecule has 2 aromatic rings. The lowest BCUT2D eigenvalue weighted by Crippen LogP contribution is -2.12. The highest BCUT2D eigenvalue weighted by Crippen LogP contribution is 2.29. The average molecular weight is 306 g/mol. The van der Waals surface area contributed by atoms with Crippen molar-refractivity contribution in [2.24, 2.45) is 5.84 Å². The summed E-state index contributed by atoms with van der Waals surface area (Å²) in [5.41, 5.74) is 6.11. The number of nitrogens with zero attached hydrogens (tertiary/aromatic N) is 2. The van der Waals surface area contributed by atoms with Crippen LogP contribution in [0, 0.1) is 29.1 Å². The van der Waals surface area contributed by atoms with Crippen molar-refractivity contribution in [3.8, 4) is 0 Å². The second kappa shape index (κ2) is 5.36. The number of nitrogens with two attached hydrogens (primary N) is 2. The number of rotatable bonds is 3. The Morgan fingerprint density at radius 3 is 1.81 bits per heavy atom. The molecular formula is C10H7F5N6. The molecule has 6 N–H and O–H groups in total. The van der Waals surface area contributed by atoms with Crippen molar-refractivity contribution < 1.29 is 22.0 Å². The minimum absolute atomic E-state index is 0.0335. The molecule has 0 aliphatic heterocycles. The molecule has 0 atom stereocenters. The van der Waals surface area contributed by atoms with E-state index >= 15 is 0 Å². The first-order chi connectivity index (χ1) is 9.85. The van der Waals surface area contributed by atoms with Crippen LogP contribution in [0.3, 0.4) is 0 Å². The van der Waals surface area contributed by atoms with Gasteiger partial charge in [0.15, 0.2) is 23.3 Å². The van der Waals surface area contributed by atoms with Crippen molar-refractivity contribution in [1.82, 2.24) is 9.97 Å². The molecule has 0 saturated heterocycles. The van der Waals surface area contributed by atoms with Crippen molar-refractivity contribution in [3.63, 3.8) is 0 Å². The van der Waals surface area contributed by atoms with Gasteiger partial charge in [0.25, 0.3) is 0 Å². The molecule has 0 unspecified atom stereocenters. The van der Waals surface area contributed by atoms with Gasteiger partial charge in [-0.2, -0.15) is 9.97 Å². The molecule has 0 spiro atoms. The van der Waals surface area contributed by atoms with Crippen LogP contribution in [0.4, 0.5) is 45.2 Å². The number of nitrogens with one attached hydrogen (secondary N) is 2. The topological polar surface area (TPSA) is 102 Å². The molecule has 11 heteroatoms. The summed E-state index contributed by atoms with van der Waals surface area (Å²) in [6, 6.07) is 1.05. The van der Waals surface area contributed by atoms with Crippen molar-refractivity contribution in [1.29, 1.82) is 0 Å². The van der Waals surface area contributed by atoms with Crippen LogP contribution in [0.15, 0.2) is 6.07 Å². The van der Waals surface area contributed by atoms with Crippen LogP contribution in [0.1, 0.15) is 0 Å². The van der Waals surface area contributed by atoms with Crippen molar-refractivity contribution in [2.45, 2.75) is 0 Å². The quantitative estimate of drug-likeness (QED) is 0.227. The Bertz CT molecular complexity index is 678. The first-order valence-electron chi connectivity index (χ1n) is 5.24. The summed E-state index contributed by atoms with van der Waals surface area (Å²) in [7, 11) is 0. The fraction of sp³-hybridized carbons (Fsp3) is 0. The molecule has 112 valence electrons. The number of nitrogen functional groups attached to an aromatic ring is 2. The highest BCUT2D eigenvalue weighted by atomic mass is 19.2. The van der Waals surface area contributed by atoms with Gasteiger partial charge in [0, 0.05) is 6.07 Å². The van der Waals surface area contributed by atoms with E-state index in [0.29, 0.717) is 0 Å². The number of hydrazine groups is 1. The predicted octanol–water partition coefficient (Wildman–Crippen LogP) is 1.78. The van der Waals surface area contributed by atoms with E-state index in [1.165, 1.54) is 0 Å². The normalized spacial score (nSPS) is 10.6. The van der Waals surface area contributed by atoms with E-state index in [1.54, 1.807) is 0 Å². The van der Waals surface area contributed by atoms with Crippen LogP contribution in [-0.2, 0) is 0 Å². The van der Waals surface area contributed by atoms with Gasteiger partial charge >= 0.3 is 0 Å². The number of hydrogen-bond donors (Lipinski definition) is 4. The van der Waals surface area contributed by atoms with E-state index in [9.17, 15) is 22.0 Å². The van der Waals surface area contributed by atoms with Crippen molar-refractivity contribution >= 4 is 23.3 Å². The monoisotopic (exact) mass is 306 g/mol. The van der Waals surface area contributed by atoms with Gasteiger partial charge in [0.1, 0.15) is 17.3 Å². The second-order valence-electron chi connectivity index (χ2n) is 3.71. The summed E-state index contributed by atoms with van der Waals surface area (Å²) >= 11 is 0. The summed E-state index contributed by atoms with van der Waals surface area (Å²) in [5.74, 6) is -6.13. The lowest BCUT2D eigenvalue weighted by Gasteiger charge is -2.11. The molecule has 0 amide bonds. The zero-order valence-electron chi connectivity index (χ0n) is 10.0. The highest BCUT2D eigenvalue weighted by Gasteiger charge is 2.26. The van der Waals surface area contributed by atoms with Crippen molar-refractivity contribution in [3.05, 3.63) is 35.2 Å². The zero-order chi connectivity index (χ0) is 15.7. The summed E-state index contributed by atoms with van der Waals surface area (Å²) in [5, 5.41) is 1.94. The third-order valence-corrected chi connectivity index (χ3v) is 2.35. The Kier molecular flexibility index (Phi) is 3.76. The Morgan fingerprint density at radius 2 is 1.29 bits per heavy atom. The van der Waals surface area contributed by atoms with Crippen LogP contribution >= 0.6 is 0 Å². The van der Waals surface area contributed by atoms with Crippen LogP contribution in [-0.4, -0.2) is 9.97 Å². The average Bonchev–Trinajstić information content (AvgIpc) is 2.47. The molecular weight excluding hydrogens is 299 g/mol. The summed E-state index contributed by atoms with van der Waals surface area (Å²) < 4.78 is 65.9. The van der Waals surface area contributed by atoms with Crippen LogP contribution < -0.4 is 22.3 Å². The SMILES string of the molecule is NNc1cc(Nc2c(F)c(F)c(F)c(F)c2F)nc(N)n1. The number of benzene rings is 1. The Hall–Kier alpha value is -2.69. The molecule has 0 aliphatic rings. The molecule has 0 fully saturated rings. The summed E-state index contributed by atoms with van der Waals surface area (Å²) in [4.78, 5) is 7.11. The molecule has 2 rings (SSSR count). The minimum Gasteiger partial charge on any atom is -0.368 e. The Labute approximate surface area is 114 Å². The molecule has 21 heavy (non-hydrogen) atoms. The Morgan fingerprint density at radius 1 is 0.810 bits per heavy atom. The van der Waals surface area contributed by atoms with Gasteiger partial charge in [0.05, 0.1) is 0 Å². The second-order valence-corrected chi connectivity index (χ2v) is 3.71. The number of anilines is 4. The van der Waals surface area contributed by atoms with Crippen LogP contribution in [0.5, 0.6) is 0 Å². The lowest BCUT2D eigenvalue weighted by molar-refractivity contribution is 0.382. The largest absolute Gasteiger partial charge is 0.368 e. The summed E-state index contributed by atoms with van der Waals surface area (Å²) in [6.45, 7) is 0. The van der Waals surface area contributed by atoms with E-state index in [1.807, 2.05) is 5.32 Å². The maximum atomic E-state index is 13.5. The van der Waals surface area contributed by atoms with Gasteiger partial charge in [-0.15, -0.1) is 0 Å². The predicted molar refractivity (Wildman–Crippen MR) is 63.8 cm³/mol. The molecule has 0 bridgehead atoms. The van der Waals surface area contributed by atoms with Gasteiger partial charge in [-0.1, -0.05) is 0 Å². The van der Waals surface area contributed by atoms with Crippen LogP contribution in [0.2, 0.25) is 0 Å². The van der Waals surface area contributed by atoms with E-state index in [-0.39, 0.29) is 17.6 Å². The number of hydrogen-bond acceptors (Lipinski definition) is 6. The summed E-state index contributed by atoms with van der Waals surface area (Å²) in [6.07, 6.45) is 0. The van der Waals surface area contributed by atoms with Gasteiger partial charge < -0.3 is 16.5 Å². The molecule has 0 radical (unpaired) electrons. The maximum absolute atomic E-state index is 13.5. The van der Waals surface area contributed by atoms with E-state index in [4.69, 9.17) is 11.6 Å². The first kappa shape index (κ1) is 14.7. The third kappa shape index (κ3) is 2.63. The van der Waals surface area contributed by atoms with E-state index in [0.717, 1.165) is 6.07 Å². The van der Waals surface area contributed by atoms with Gasteiger partial charge in [-0.05, 0) is 0 Å². The molecule has 6 nitrogen and oxygen atoms in total. The van der Waals surface area contributed by atoms with E-state index in [2.05, 4.69) is 15.4 Å². The standard InChI is InChI=1S/C10H7F5N6/c11-4-5(12)7(14)9(8(15)6(4)13)18-2-1-3(21-17)20-10(16)19-2/h1H,17H2,(H4,16,18,19,20,21). The highest BCUT2D eigenvalue weighted by molar-refractivity contribution is 5.62. The smallest absolute Gasteiger partial charge is 0.223 e. The molecule has 0 saturated carbocycles. The molecule has 1 aromatic heterocycles. The maximum Gasteiger partial charge on any atom is 0.223 e. The zero-order valence-corrected chi connectivity index (χ0v) is 10.0. The molecule has 0 aliphatic carbocycles. The Balaban J connectivity index is 2.52. The fourth-order valence-corrected chi connectivity index (χ4v) is 1.45. The first-order valence-corrected chi connectivity index (χ1v) is 5.24. The van der Waals surface area contributed by atoms with Gasteiger partial charge in [-0.25, -0.2) is 27.8 Å². The third-order valence-electron chi connectivity index (χ3n) is 2.35. The number of halogens is 5. The molecule has 1 aromatic carbocycles.